The van der Waals surface area contributed by atoms with Gasteiger partial charge in [-0.15, -0.1) is 0 Å². The van der Waals surface area contributed by atoms with E-state index in [9.17, 15) is 5.11 Å². The maximum absolute atomic E-state index is 10.2. The molecule has 0 saturated carbocycles. The first kappa shape index (κ1) is 19.3. The Labute approximate surface area is 135 Å². The Kier molecular flexibility index (Phi) is 9.59. The number of rotatable bonds is 12. The molecule has 0 radical (unpaired) electrons. The van der Waals surface area contributed by atoms with E-state index >= 15 is 0 Å². The van der Waals surface area contributed by atoms with Crippen molar-refractivity contribution >= 4 is 14.0 Å². The van der Waals surface area contributed by atoms with Gasteiger partial charge in [0.1, 0.15) is 6.29 Å². The second-order valence-electron chi connectivity index (χ2n) is 5.40. The van der Waals surface area contributed by atoms with Gasteiger partial charge in [0, 0.05) is 18.9 Å². The molecule has 0 heterocycles. The standard InChI is InChI=1S/C17H30O4Si/c1-4-6-11-15-20-22(19-3,16-12-9-8-10-13-16)21-17(18)14-7-5-2/h8-10,12-13,17-18H,4-7,11,14-15H2,1-3H3. The molecule has 0 spiro atoms. The van der Waals surface area contributed by atoms with E-state index in [1.54, 1.807) is 7.11 Å². The highest BCUT2D eigenvalue weighted by Crippen LogP contribution is 2.15. The normalized spacial score (nSPS) is 15.5. The van der Waals surface area contributed by atoms with Gasteiger partial charge >= 0.3 is 8.80 Å². The van der Waals surface area contributed by atoms with Crippen LogP contribution in [0.4, 0.5) is 0 Å². The molecule has 1 rings (SSSR count). The monoisotopic (exact) mass is 326 g/mol. The van der Waals surface area contributed by atoms with Crippen molar-refractivity contribution in [2.24, 2.45) is 0 Å². The van der Waals surface area contributed by atoms with Crippen LogP contribution < -0.4 is 5.19 Å². The van der Waals surface area contributed by atoms with Crippen LogP contribution in [0.25, 0.3) is 0 Å². The molecule has 0 aliphatic rings. The van der Waals surface area contributed by atoms with E-state index in [1.807, 2.05) is 30.3 Å². The molecule has 1 aromatic carbocycles. The summed E-state index contributed by atoms with van der Waals surface area (Å²) < 4.78 is 17.6. The smallest absolute Gasteiger partial charge is 0.373 e. The lowest BCUT2D eigenvalue weighted by atomic mass is 10.2. The van der Waals surface area contributed by atoms with E-state index in [1.165, 1.54) is 0 Å². The van der Waals surface area contributed by atoms with Crippen LogP contribution in [0.5, 0.6) is 0 Å². The van der Waals surface area contributed by atoms with Crippen LogP contribution in [0.15, 0.2) is 30.3 Å². The van der Waals surface area contributed by atoms with E-state index < -0.39 is 15.1 Å². The van der Waals surface area contributed by atoms with Crippen molar-refractivity contribution in [1.29, 1.82) is 0 Å². The molecule has 0 amide bonds. The molecule has 0 aliphatic heterocycles. The van der Waals surface area contributed by atoms with Crippen molar-refractivity contribution in [3.05, 3.63) is 30.3 Å². The molecule has 2 unspecified atom stereocenters. The van der Waals surface area contributed by atoms with E-state index in [0.29, 0.717) is 13.0 Å². The molecule has 0 aromatic heterocycles. The van der Waals surface area contributed by atoms with Crippen LogP contribution in [-0.4, -0.2) is 33.9 Å². The number of unbranched alkanes of at least 4 members (excludes halogenated alkanes) is 3. The van der Waals surface area contributed by atoms with E-state index in [2.05, 4.69) is 13.8 Å². The Bertz CT molecular complexity index is 388. The average molecular weight is 327 g/mol. The summed E-state index contributed by atoms with van der Waals surface area (Å²) in [5.41, 5.74) is 0. The van der Waals surface area contributed by atoms with Crippen molar-refractivity contribution < 1.29 is 18.4 Å². The Morgan fingerprint density at radius 1 is 1.05 bits per heavy atom. The van der Waals surface area contributed by atoms with Gasteiger partial charge < -0.3 is 18.4 Å². The largest absolute Gasteiger partial charge is 0.538 e. The topological polar surface area (TPSA) is 47.9 Å². The maximum Gasteiger partial charge on any atom is 0.538 e. The van der Waals surface area contributed by atoms with Crippen LogP contribution in [0.3, 0.4) is 0 Å². The van der Waals surface area contributed by atoms with Crippen LogP contribution in [0.2, 0.25) is 0 Å². The van der Waals surface area contributed by atoms with Crippen molar-refractivity contribution in [1.82, 2.24) is 0 Å². The molecule has 0 aliphatic carbocycles. The van der Waals surface area contributed by atoms with Crippen molar-refractivity contribution in [2.75, 3.05) is 13.7 Å². The van der Waals surface area contributed by atoms with E-state index in [4.69, 9.17) is 13.3 Å². The van der Waals surface area contributed by atoms with Gasteiger partial charge in [0.15, 0.2) is 0 Å². The molecular formula is C17H30O4Si. The van der Waals surface area contributed by atoms with Gasteiger partial charge in [0.25, 0.3) is 0 Å². The number of aliphatic hydroxyl groups excluding tert-OH is 1. The van der Waals surface area contributed by atoms with Crippen molar-refractivity contribution in [3.63, 3.8) is 0 Å². The average Bonchev–Trinajstić information content (AvgIpc) is 2.56. The van der Waals surface area contributed by atoms with Crippen LogP contribution >= 0.6 is 0 Å². The highest BCUT2D eigenvalue weighted by atomic mass is 28.4. The highest BCUT2D eigenvalue weighted by molar-refractivity contribution is 6.75. The number of hydrogen-bond acceptors (Lipinski definition) is 4. The van der Waals surface area contributed by atoms with Gasteiger partial charge in [0.2, 0.25) is 0 Å². The summed E-state index contributed by atoms with van der Waals surface area (Å²) in [4.78, 5) is 0. The van der Waals surface area contributed by atoms with E-state index in [0.717, 1.165) is 37.3 Å². The highest BCUT2D eigenvalue weighted by Gasteiger charge is 2.44. The maximum atomic E-state index is 10.2. The summed E-state index contributed by atoms with van der Waals surface area (Å²) in [5, 5.41) is 11.1. The third kappa shape index (κ3) is 6.18. The Morgan fingerprint density at radius 3 is 2.32 bits per heavy atom. The third-order valence-electron chi connectivity index (χ3n) is 3.53. The first-order valence-corrected chi connectivity index (χ1v) is 10.0. The lowest BCUT2D eigenvalue weighted by Gasteiger charge is -2.30. The summed E-state index contributed by atoms with van der Waals surface area (Å²) in [7, 11) is -1.46. The zero-order chi connectivity index (χ0) is 16.3. The fraction of sp³-hybridized carbons (Fsp3) is 0.647. The predicted molar refractivity (Wildman–Crippen MR) is 90.9 cm³/mol. The molecule has 5 heteroatoms. The zero-order valence-corrected chi connectivity index (χ0v) is 15.1. The molecule has 0 bridgehead atoms. The lowest BCUT2D eigenvalue weighted by Crippen LogP contribution is -2.58. The van der Waals surface area contributed by atoms with Crippen molar-refractivity contribution in [2.45, 2.75) is 58.7 Å². The first-order chi connectivity index (χ1) is 10.7. The summed E-state index contributed by atoms with van der Waals surface area (Å²) in [6.45, 7) is 4.83. The number of aliphatic hydroxyl groups is 1. The number of hydrogen-bond donors (Lipinski definition) is 1. The first-order valence-electron chi connectivity index (χ1n) is 8.29. The van der Waals surface area contributed by atoms with Gasteiger partial charge in [-0.2, -0.15) is 0 Å². The Hall–Kier alpha value is -0.723. The summed E-state index contributed by atoms with van der Waals surface area (Å²) in [5.74, 6) is 0. The second kappa shape index (κ2) is 10.9. The molecule has 1 aromatic rings. The van der Waals surface area contributed by atoms with Gasteiger partial charge in [-0.1, -0.05) is 63.4 Å². The summed E-state index contributed by atoms with van der Waals surface area (Å²) in [6, 6.07) is 9.72. The van der Waals surface area contributed by atoms with Gasteiger partial charge in [-0.05, 0) is 19.3 Å². The van der Waals surface area contributed by atoms with Gasteiger partial charge in [-0.25, -0.2) is 0 Å². The molecule has 1 N–H and O–H groups in total. The molecule has 4 nitrogen and oxygen atoms in total. The lowest BCUT2D eigenvalue weighted by molar-refractivity contribution is -0.0730. The SMILES string of the molecule is CCCCCO[Si](OC)(OC(O)CCCC)c1ccccc1. The minimum atomic E-state index is -3.06. The predicted octanol–water partition coefficient (Wildman–Crippen LogP) is 3.21. The van der Waals surface area contributed by atoms with E-state index in [-0.39, 0.29) is 0 Å². The number of benzene rings is 1. The van der Waals surface area contributed by atoms with Crippen LogP contribution in [-0.2, 0) is 13.3 Å². The molecule has 0 fully saturated rings. The molecule has 2 atom stereocenters. The quantitative estimate of drug-likeness (QED) is 0.364. The Morgan fingerprint density at radius 2 is 1.73 bits per heavy atom. The zero-order valence-electron chi connectivity index (χ0n) is 14.1. The molecule has 0 saturated heterocycles. The van der Waals surface area contributed by atoms with Gasteiger partial charge in [-0.3, -0.25) is 0 Å². The van der Waals surface area contributed by atoms with Gasteiger partial charge in [0.05, 0.1) is 0 Å². The Balaban J connectivity index is 2.81. The summed E-state index contributed by atoms with van der Waals surface area (Å²) >= 11 is 0. The van der Waals surface area contributed by atoms with Crippen molar-refractivity contribution in [3.8, 4) is 0 Å². The summed E-state index contributed by atoms with van der Waals surface area (Å²) in [6.07, 6.45) is 4.90. The molecular weight excluding hydrogens is 296 g/mol. The fourth-order valence-corrected chi connectivity index (χ4v) is 4.54. The second-order valence-corrected chi connectivity index (χ2v) is 8.02. The third-order valence-corrected chi connectivity index (χ3v) is 6.28. The van der Waals surface area contributed by atoms with Crippen LogP contribution in [0, 0.1) is 0 Å². The minimum absolute atomic E-state index is 0.587. The van der Waals surface area contributed by atoms with Crippen LogP contribution in [0.1, 0.15) is 52.4 Å². The molecule has 22 heavy (non-hydrogen) atoms. The molecule has 126 valence electrons. The minimum Gasteiger partial charge on any atom is -0.373 e. The fourth-order valence-electron chi connectivity index (χ4n) is 2.23.